The molecule has 0 N–H and O–H groups in total. The molecule has 1 aliphatic rings. The molecular weight excluding hydrogens is 230 g/mol. The lowest BCUT2D eigenvalue weighted by molar-refractivity contribution is -0.147. The van der Waals surface area contributed by atoms with E-state index in [1.54, 1.807) is 0 Å². The van der Waals surface area contributed by atoms with Crippen LogP contribution in [0.3, 0.4) is 0 Å². The monoisotopic (exact) mass is 249 g/mol. The summed E-state index contributed by atoms with van der Waals surface area (Å²) in [5.74, 6) is 0.0412. The summed E-state index contributed by atoms with van der Waals surface area (Å²) in [6.45, 7) is 8.01. The topological polar surface area (TPSA) is 60.1 Å². The first-order valence-electron chi connectivity index (χ1n) is 6.27. The van der Waals surface area contributed by atoms with Crippen molar-refractivity contribution in [2.45, 2.75) is 45.9 Å². The maximum atomic E-state index is 9.04. The van der Waals surface area contributed by atoms with Gasteiger partial charge in [-0.25, -0.2) is 4.98 Å². The summed E-state index contributed by atoms with van der Waals surface area (Å²) < 4.78 is 13.1. The van der Waals surface area contributed by atoms with Gasteiger partial charge in [0, 0.05) is 18.7 Å². The van der Waals surface area contributed by atoms with E-state index in [4.69, 9.17) is 14.7 Å². The number of hydrogen-bond donors (Lipinski definition) is 0. The molecule has 0 unspecified atom stereocenters. The maximum Gasteiger partial charge on any atom is 0.213 e. The van der Waals surface area contributed by atoms with Gasteiger partial charge in [-0.05, 0) is 27.2 Å². The van der Waals surface area contributed by atoms with E-state index in [0.29, 0.717) is 19.0 Å². The van der Waals surface area contributed by atoms with Gasteiger partial charge in [-0.2, -0.15) is 5.26 Å². The van der Waals surface area contributed by atoms with Crippen LogP contribution in [0.1, 0.15) is 37.0 Å². The molecule has 18 heavy (non-hydrogen) atoms. The molecule has 2 heterocycles. The number of aromatic nitrogens is 2. The average molecular weight is 249 g/mol. The van der Waals surface area contributed by atoms with Crippen LogP contribution in [0, 0.1) is 25.2 Å². The van der Waals surface area contributed by atoms with Gasteiger partial charge in [0.1, 0.15) is 6.07 Å². The highest BCUT2D eigenvalue weighted by atomic mass is 16.7. The number of aryl methyl sites for hydroxylation is 1. The Labute approximate surface area is 107 Å². The van der Waals surface area contributed by atoms with E-state index in [2.05, 4.69) is 11.1 Å². The third-order valence-corrected chi connectivity index (χ3v) is 3.47. The first-order chi connectivity index (χ1) is 8.56. The second-order valence-electron chi connectivity index (χ2n) is 4.80. The van der Waals surface area contributed by atoms with Crippen molar-refractivity contribution < 1.29 is 9.47 Å². The van der Waals surface area contributed by atoms with Crippen molar-refractivity contribution in [3.63, 3.8) is 0 Å². The molecule has 1 aromatic heterocycles. The molecule has 2 rings (SSSR count). The van der Waals surface area contributed by atoms with E-state index in [-0.39, 0.29) is 0 Å². The highest BCUT2D eigenvalue weighted by molar-refractivity contribution is 5.22. The zero-order valence-corrected chi connectivity index (χ0v) is 11.2. The SMILES string of the molecule is Cc1nc(C#N)n(CCCC2(C)OCCO2)c1C. The Balaban J connectivity index is 1.96. The zero-order chi connectivity index (χ0) is 13.2. The second kappa shape index (κ2) is 5.09. The fourth-order valence-corrected chi connectivity index (χ4v) is 2.27. The Morgan fingerprint density at radius 2 is 2.06 bits per heavy atom. The predicted molar refractivity (Wildman–Crippen MR) is 66.0 cm³/mol. The van der Waals surface area contributed by atoms with Crippen molar-refractivity contribution in [3.05, 3.63) is 17.2 Å². The number of rotatable bonds is 4. The lowest BCUT2D eigenvalue weighted by Gasteiger charge is -2.22. The number of imidazole rings is 1. The van der Waals surface area contributed by atoms with E-state index >= 15 is 0 Å². The maximum absolute atomic E-state index is 9.04. The summed E-state index contributed by atoms with van der Waals surface area (Å²) >= 11 is 0. The van der Waals surface area contributed by atoms with E-state index < -0.39 is 5.79 Å². The average Bonchev–Trinajstić information content (AvgIpc) is 2.88. The molecule has 98 valence electrons. The summed E-state index contributed by atoms with van der Waals surface area (Å²) in [6, 6.07) is 2.13. The largest absolute Gasteiger partial charge is 0.348 e. The molecule has 1 fully saturated rings. The Hall–Kier alpha value is -1.38. The van der Waals surface area contributed by atoms with E-state index in [1.807, 2.05) is 25.3 Å². The number of nitrogens with zero attached hydrogens (tertiary/aromatic N) is 3. The molecule has 5 nitrogen and oxygen atoms in total. The molecule has 1 aromatic rings. The van der Waals surface area contributed by atoms with Crippen molar-refractivity contribution in [3.8, 4) is 6.07 Å². The van der Waals surface area contributed by atoms with Crippen LogP contribution in [0.5, 0.6) is 0 Å². The standard InChI is InChI=1S/C13H19N3O2/c1-10-11(2)16(12(9-14)15-10)6-4-5-13(3)17-7-8-18-13/h4-8H2,1-3H3. The van der Waals surface area contributed by atoms with Gasteiger partial charge >= 0.3 is 0 Å². The van der Waals surface area contributed by atoms with Crippen LogP contribution in [0.4, 0.5) is 0 Å². The minimum Gasteiger partial charge on any atom is -0.348 e. The van der Waals surface area contributed by atoms with Crippen molar-refractivity contribution in [1.82, 2.24) is 9.55 Å². The Morgan fingerprint density at radius 3 is 2.67 bits per heavy atom. The molecular formula is C13H19N3O2. The molecule has 0 bridgehead atoms. The molecule has 0 saturated carbocycles. The van der Waals surface area contributed by atoms with Gasteiger partial charge in [0.15, 0.2) is 5.79 Å². The van der Waals surface area contributed by atoms with Gasteiger partial charge in [-0.15, -0.1) is 0 Å². The van der Waals surface area contributed by atoms with Crippen LogP contribution in [-0.4, -0.2) is 28.6 Å². The highest BCUT2D eigenvalue weighted by Crippen LogP contribution is 2.24. The molecule has 0 radical (unpaired) electrons. The fourth-order valence-electron chi connectivity index (χ4n) is 2.27. The van der Waals surface area contributed by atoms with Gasteiger partial charge < -0.3 is 14.0 Å². The highest BCUT2D eigenvalue weighted by Gasteiger charge is 2.30. The lowest BCUT2D eigenvalue weighted by atomic mass is 10.1. The summed E-state index contributed by atoms with van der Waals surface area (Å²) in [7, 11) is 0. The van der Waals surface area contributed by atoms with E-state index in [0.717, 1.165) is 30.8 Å². The predicted octanol–water partition coefficient (Wildman–Crippen LogP) is 1.91. The normalized spacial score (nSPS) is 17.9. The van der Waals surface area contributed by atoms with E-state index in [1.165, 1.54) is 0 Å². The summed E-state index contributed by atoms with van der Waals surface area (Å²) in [5.41, 5.74) is 1.98. The quantitative estimate of drug-likeness (QED) is 0.818. The van der Waals surface area contributed by atoms with Gasteiger partial charge in [-0.3, -0.25) is 0 Å². The summed E-state index contributed by atoms with van der Waals surface area (Å²) in [5, 5.41) is 9.04. The van der Waals surface area contributed by atoms with Gasteiger partial charge in [0.2, 0.25) is 5.82 Å². The number of hydrogen-bond acceptors (Lipinski definition) is 4. The first kappa shape index (κ1) is 13.1. The van der Waals surface area contributed by atoms with Gasteiger partial charge in [0.05, 0.1) is 18.9 Å². The van der Waals surface area contributed by atoms with Crippen molar-refractivity contribution >= 4 is 0 Å². The van der Waals surface area contributed by atoms with Gasteiger partial charge in [-0.1, -0.05) is 0 Å². The molecule has 0 aromatic carbocycles. The van der Waals surface area contributed by atoms with Crippen molar-refractivity contribution in [1.29, 1.82) is 5.26 Å². The second-order valence-corrected chi connectivity index (χ2v) is 4.80. The van der Waals surface area contributed by atoms with E-state index in [9.17, 15) is 0 Å². The fraction of sp³-hybridized carbons (Fsp3) is 0.692. The lowest BCUT2D eigenvalue weighted by Crippen LogP contribution is -2.25. The number of ether oxygens (including phenoxy) is 2. The van der Waals surface area contributed by atoms with Crippen LogP contribution < -0.4 is 0 Å². The van der Waals surface area contributed by atoms with Gasteiger partial charge in [0.25, 0.3) is 0 Å². The molecule has 0 amide bonds. The van der Waals surface area contributed by atoms with Crippen molar-refractivity contribution in [2.24, 2.45) is 0 Å². The van der Waals surface area contributed by atoms with Crippen LogP contribution in [0.2, 0.25) is 0 Å². The smallest absolute Gasteiger partial charge is 0.213 e. The van der Waals surface area contributed by atoms with Crippen molar-refractivity contribution in [2.75, 3.05) is 13.2 Å². The van der Waals surface area contributed by atoms with Crippen LogP contribution >= 0.6 is 0 Å². The molecule has 0 aliphatic carbocycles. The minimum atomic E-state index is -0.448. The first-order valence-corrected chi connectivity index (χ1v) is 6.27. The third kappa shape index (κ3) is 2.55. The molecule has 0 atom stereocenters. The van der Waals surface area contributed by atoms with Crippen LogP contribution in [0.15, 0.2) is 0 Å². The minimum absolute atomic E-state index is 0.448. The molecule has 1 saturated heterocycles. The molecule has 5 heteroatoms. The van der Waals surface area contributed by atoms with Crippen LogP contribution in [0.25, 0.3) is 0 Å². The third-order valence-electron chi connectivity index (χ3n) is 3.47. The Morgan fingerprint density at radius 1 is 1.39 bits per heavy atom. The number of nitriles is 1. The summed E-state index contributed by atoms with van der Waals surface area (Å²) in [6.07, 6.45) is 1.73. The molecule has 0 spiro atoms. The Kier molecular flexibility index (Phi) is 3.69. The molecule has 1 aliphatic heterocycles. The van der Waals surface area contributed by atoms with Crippen LogP contribution in [-0.2, 0) is 16.0 Å². The zero-order valence-electron chi connectivity index (χ0n) is 11.2. The summed E-state index contributed by atoms with van der Waals surface area (Å²) in [4.78, 5) is 4.24. The Bertz CT molecular complexity index is 467.